The molecule has 1 fully saturated rings. The minimum atomic E-state index is -0.627. The summed E-state index contributed by atoms with van der Waals surface area (Å²) >= 11 is 6.03. The van der Waals surface area contributed by atoms with E-state index in [0.29, 0.717) is 43.3 Å². The van der Waals surface area contributed by atoms with Gasteiger partial charge in [0.15, 0.2) is 0 Å². The monoisotopic (exact) mass is 470 g/mol. The Hall–Kier alpha value is -2.80. The molecular weight excluding hydrogens is 446 g/mol. The summed E-state index contributed by atoms with van der Waals surface area (Å²) in [7, 11) is 0. The van der Waals surface area contributed by atoms with Gasteiger partial charge < -0.3 is 9.64 Å². The van der Waals surface area contributed by atoms with Crippen LogP contribution >= 0.6 is 11.6 Å². The maximum Gasteiger partial charge on any atom is 0.253 e. The van der Waals surface area contributed by atoms with Crippen molar-refractivity contribution in [2.24, 2.45) is 0 Å². The molecule has 0 N–H and O–H groups in total. The highest BCUT2D eigenvalue weighted by Crippen LogP contribution is 2.25. The third-order valence-corrected chi connectivity index (χ3v) is 6.09. The molecule has 0 spiro atoms. The molecule has 3 aromatic carbocycles. The number of carbonyl (C=O) groups excluding carboxylic acids is 1. The van der Waals surface area contributed by atoms with Crippen LogP contribution in [0.3, 0.4) is 0 Å². The van der Waals surface area contributed by atoms with E-state index in [0.717, 1.165) is 5.56 Å². The van der Waals surface area contributed by atoms with Crippen LogP contribution in [0, 0.1) is 11.6 Å². The lowest BCUT2D eigenvalue weighted by Gasteiger charge is -2.36. The van der Waals surface area contributed by atoms with Crippen LogP contribution in [0.5, 0.6) is 0 Å². The molecule has 1 heterocycles. The van der Waals surface area contributed by atoms with Crippen LogP contribution in [-0.4, -0.2) is 48.4 Å². The number of carbonyl (C=O) groups is 1. The van der Waals surface area contributed by atoms with Crippen LogP contribution in [0.25, 0.3) is 0 Å². The Morgan fingerprint density at radius 3 is 2.15 bits per heavy atom. The summed E-state index contributed by atoms with van der Waals surface area (Å²) < 4.78 is 34.2. The predicted octanol–water partition coefficient (Wildman–Crippen LogP) is 5.33. The number of hydrogen-bond acceptors (Lipinski definition) is 3. The first-order valence-corrected chi connectivity index (χ1v) is 11.3. The van der Waals surface area contributed by atoms with E-state index in [1.807, 2.05) is 47.4 Å². The Balaban J connectivity index is 1.41. The predicted molar refractivity (Wildman–Crippen MR) is 124 cm³/mol. The van der Waals surface area contributed by atoms with Crippen LogP contribution in [0.2, 0.25) is 5.02 Å². The summed E-state index contributed by atoms with van der Waals surface area (Å²) in [5.74, 6) is -1.23. The van der Waals surface area contributed by atoms with E-state index in [1.54, 1.807) is 12.1 Å². The van der Waals surface area contributed by atoms with Crippen LogP contribution in [-0.2, 0) is 11.3 Å². The van der Waals surface area contributed by atoms with Crippen molar-refractivity contribution in [2.45, 2.75) is 12.7 Å². The smallest absolute Gasteiger partial charge is 0.253 e. The van der Waals surface area contributed by atoms with E-state index in [2.05, 4.69) is 4.90 Å². The number of benzene rings is 3. The molecule has 0 bridgehead atoms. The fraction of sp³-hybridized carbons (Fsp3) is 0.269. The largest absolute Gasteiger partial charge is 0.367 e. The molecule has 1 aliphatic heterocycles. The second-order valence-corrected chi connectivity index (χ2v) is 8.45. The van der Waals surface area contributed by atoms with Crippen molar-refractivity contribution in [3.8, 4) is 0 Å². The van der Waals surface area contributed by atoms with Gasteiger partial charge in [-0.25, -0.2) is 8.78 Å². The molecule has 33 heavy (non-hydrogen) atoms. The van der Waals surface area contributed by atoms with Gasteiger partial charge in [-0.3, -0.25) is 9.69 Å². The summed E-state index contributed by atoms with van der Waals surface area (Å²) in [4.78, 5) is 16.8. The average Bonchev–Trinajstić information content (AvgIpc) is 2.84. The van der Waals surface area contributed by atoms with Crippen LogP contribution in [0.4, 0.5) is 8.78 Å². The number of nitrogens with zero attached hydrogens (tertiary/aromatic N) is 2. The number of amides is 1. The van der Waals surface area contributed by atoms with E-state index in [4.69, 9.17) is 16.3 Å². The number of piperazine rings is 1. The first kappa shape index (κ1) is 23.4. The van der Waals surface area contributed by atoms with E-state index >= 15 is 0 Å². The minimum Gasteiger partial charge on any atom is -0.367 e. The normalized spacial score (nSPS) is 15.4. The molecule has 0 aliphatic carbocycles. The zero-order chi connectivity index (χ0) is 23.2. The maximum atomic E-state index is 14.1. The molecule has 1 atom stereocenters. The first-order valence-electron chi connectivity index (χ1n) is 10.9. The van der Waals surface area contributed by atoms with Crippen molar-refractivity contribution in [2.75, 3.05) is 32.7 Å². The molecule has 1 aliphatic rings. The Labute approximate surface area is 197 Å². The van der Waals surface area contributed by atoms with E-state index < -0.39 is 17.7 Å². The van der Waals surface area contributed by atoms with Crippen molar-refractivity contribution in [1.82, 2.24) is 9.80 Å². The van der Waals surface area contributed by atoms with Gasteiger partial charge in [0.25, 0.3) is 5.91 Å². The lowest BCUT2D eigenvalue weighted by atomic mass is 10.1. The maximum absolute atomic E-state index is 14.1. The van der Waals surface area contributed by atoms with Gasteiger partial charge in [-0.15, -0.1) is 0 Å². The molecule has 0 radical (unpaired) electrons. The van der Waals surface area contributed by atoms with Crippen molar-refractivity contribution < 1.29 is 18.3 Å². The van der Waals surface area contributed by atoms with Gasteiger partial charge in [-0.1, -0.05) is 48.0 Å². The highest BCUT2D eigenvalue weighted by atomic mass is 35.5. The number of ether oxygens (including phenoxy) is 1. The lowest BCUT2D eigenvalue weighted by molar-refractivity contribution is 0.00145. The zero-order valence-electron chi connectivity index (χ0n) is 18.1. The summed E-state index contributed by atoms with van der Waals surface area (Å²) in [5.41, 5.74) is 1.47. The van der Waals surface area contributed by atoms with Gasteiger partial charge in [-0.2, -0.15) is 0 Å². The third-order valence-electron chi connectivity index (χ3n) is 5.84. The Bertz CT molecular complexity index is 1050. The second kappa shape index (κ2) is 10.9. The van der Waals surface area contributed by atoms with E-state index in [9.17, 15) is 13.6 Å². The Kier molecular flexibility index (Phi) is 7.70. The van der Waals surface area contributed by atoms with Crippen molar-refractivity contribution in [1.29, 1.82) is 0 Å². The number of halogens is 3. The molecule has 1 amide bonds. The fourth-order valence-corrected chi connectivity index (χ4v) is 4.04. The molecule has 3 aromatic rings. The SMILES string of the molecule is O=C(c1ccccc1)N1CCN(C[C@@H](OCc2c(F)cccc2F)c2ccc(Cl)cc2)CC1. The highest BCUT2D eigenvalue weighted by Gasteiger charge is 2.25. The highest BCUT2D eigenvalue weighted by molar-refractivity contribution is 6.30. The number of hydrogen-bond donors (Lipinski definition) is 0. The minimum absolute atomic E-state index is 0.0239. The van der Waals surface area contributed by atoms with Crippen LogP contribution in [0.15, 0.2) is 72.8 Å². The molecule has 0 unspecified atom stereocenters. The standard InChI is InChI=1S/C26H25ClF2N2O2/c27-21-11-9-19(10-12-21)25(33-18-22-23(28)7-4-8-24(22)29)17-30-13-15-31(16-14-30)26(32)20-5-2-1-3-6-20/h1-12,25H,13-18H2/t25-/m1/s1. The molecule has 4 nitrogen and oxygen atoms in total. The molecule has 0 saturated carbocycles. The van der Waals surface area contributed by atoms with Crippen molar-refractivity contribution in [3.05, 3.63) is 106 Å². The van der Waals surface area contributed by atoms with Gasteiger partial charge in [0, 0.05) is 48.9 Å². The second-order valence-electron chi connectivity index (χ2n) is 8.01. The summed E-state index contributed by atoms with van der Waals surface area (Å²) in [6.45, 7) is 2.91. The van der Waals surface area contributed by atoms with Crippen LogP contribution < -0.4 is 0 Å². The topological polar surface area (TPSA) is 32.8 Å². The van der Waals surface area contributed by atoms with E-state index in [1.165, 1.54) is 18.2 Å². The van der Waals surface area contributed by atoms with Gasteiger partial charge in [0.2, 0.25) is 0 Å². The van der Waals surface area contributed by atoms with Gasteiger partial charge >= 0.3 is 0 Å². The Morgan fingerprint density at radius 1 is 0.879 bits per heavy atom. The Morgan fingerprint density at radius 2 is 1.52 bits per heavy atom. The summed E-state index contributed by atoms with van der Waals surface area (Å²) in [5, 5.41) is 0.602. The van der Waals surface area contributed by atoms with Gasteiger partial charge in [0.05, 0.1) is 12.7 Å². The average molecular weight is 471 g/mol. The summed E-state index contributed by atoms with van der Waals surface area (Å²) in [6, 6.07) is 20.3. The molecule has 0 aromatic heterocycles. The fourth-order valence-electron chi connectivity index (χ4n) is 3.92. The molecule has 172 valence electrons. The third kappa shape index (κ3) is 5.96. The van der Waals surface area contributed by atoms with Gasteiger partial charge in [-0.05, 0) is 42.0 Å². The zero-order valence-corrected chi connectivity index (χ0v) is 18.8. The molecular formula is C26H25ClF2N2O2. The van der Waals surface area contributed by atoms with Crippen LogP contribution in [0.1, 0.15) is 27.6 Å². The summed E-state index contributed by atoms with van der Waals surface area (Å²) in [6.07, 6.45) is -0.405. The molecule has 1 saturated heterocycles. The van der Waals surface area contributed by atoms with Gasteiger partial charge in [0.1, 0.15) is 11.6 Å². The molecule has 7 heteroatoms. The van der Waals surface area contributed by atoms with Crippen molar-refractivity contribution in [3.63, 3.8) is 0 Å². The lowest BCUT2D eigenvalue weighted by Crippen LogP contribution is -2.49. The number of rotatable bonds is 7. The van der Waals surface area contributed by atoms with Crippen molar-refractivity contribution >= 4 is 17.5 Å². The first-order chi connectivity index (χ1) is 16.0. The van der Waals surface area contributed by atoms with E-state index in [-0.39, 0.29) is 18.1 Å². The quantitative estimate of drug-likeness (QED) is 0.467. The molecule has 4 rings (SSSR count).